The average molecular weight is 354 g/mol. The molecule has 1 atom stereocenters. The van der Waals surface area contributed by atoms with Crippen LogP contribution in [0.5, 0.6) is 0 Å². The Bertz CT molecular complexity index is 639. The van der Waals surface area contributed by atoms with Gasteiger partial charge in [-0.1, -0.05) is 0 Å². The second-order valence-corrected chi connectivity index (χ2v) is 6.04. The fourth-order valence-corrected chi connectivity index (χ4v) is 2.86. The van der Waals surface area contributed by atoms with Gasteiger partial charge in [0.25, 0.3) is 0 Å². The van der Waals surface area contributed by atoms with E-state index in [0.29, 0.717) is 50.8 Å². The molecule has 0 aromatic heterocycles. The summed E-state index contributed by atoms with van der Waals surface area (Å²) in [4.78, 5) is 15.3. The maximum atomic E-state index is 14.5. The topological polar surface area (TPSA) is 80.1 Å². The lowest BCUT2D eigenvalue weighted by Crippen LogP contribution is -2.37. The highest BCUT2D eigenvalue weighted by atomic mass is 32.1. The maximum absolute atomic E-state index is 14.5. The molecule has 0 radical (unpaired) electrons. The maximum Gasteiger partial charge on any atom is 0.414 e. The molecule has 0 spiro atoms. The molecule has 0 aliphatic carbocycles. The van der Waals surface area contributed by atoms with Gasteiger partial charge in [0, 0.05) is 13.1 Å². The van der Waals surface area contributed by atoms with Crippen molar-refractivity contribution in [3.8, 4) is 0 Å². The van der Waals surface area contributed by atoms with Crippen molar-refractivity contribution in [2.24, 2.45) is 5.73 Å². The van der Waals surface area contributed by atoms with Crippen molar-refractivity contribution in [3.05, 3.63) is 24.0 Å². The molecular formula is C15H19FN4O3S. The van der Waals surface area contributed by atoms with Crippen LogP contribution >= 0.6 is 12.2 Å². The highest BCUT2D eigenvalue weighted by molar-refractivity contribution is 7.80. The quantitative estimate of drug-likeness (QED) is 0.775. The summed E-state index contributed by atoms with van der Waals surface area (Å²) in [7, 11) is 0. The normalized spacial score (nSPS) is 20.9. The molecule has 3 N–H and O–H groups in total. The number of carbonyl (C=O) groups is 1. The van der Waals surface area contributed by atoms with Crippen LogP contribution in [0.3, 0.4) is 0 Å². The first-order valence-corrected chi connectivity index (χ1v) is 8.09. The number of nitrogens with two attached hydrogens (primary N) is 1. The summed E-state index contributed by atoms with van der Waals surface area (Å²) in [5, 5.41) is 2.90. The zero-order chi connectivity index (χ0) is 17.1. The van der Waals surface area contributed by atoms with E-state index in [-0.39, 0.29) is 17.0 Å². The number of carbonyl (C=O) groups excluding carboxylic acids is 1. The van der Waals surface area contributed by atoms with Crippen molar-refractivity contribution in [3.63, 3.8) is 0 Å². The number of halogens is 1. The fourth-order valence-electron chi connectivity index (χ4n) is 2.78. The van der Waals surface area contributed by atoms with Gasteiger partial charge in [0.05, 0.1) is 37.7 Å². The molecule has 7 nitrogen and oxygen atoms in total. The van der Waals surface area contributed by atoms with E-state index in [0.717, 1.165) is 0 Å². The van der Waals surface area contributed by atoms with E-state index in [1.165, 1.54) is 11.0 Å². The smallest absolute Gasteiger partial charge is 0.414 e. The van der Waals surface area contributed by atoms with Gasteiger partial charge >= 0.3 is 6.09 Å². The molecule has 2 saturated heterocycles. The minimum Gasteiger partial charge on any atom is -0.442 e. The molecule has 2 fully saturated rings. The Hall–Kier alpha value is -2.13. The summed E-state index contributed by atoms with van der Waals surface area (Å²) in [6, 6.07) is 4.76. The Morgan fingerprint density at radius 2 is 2.17 bits per heavy atom. The number of cyclic esters (lactones) is 1. The van der Waals surface area contributed by atoms with Gasteiger partial charge in [0.1, 0.15) is 11.9 Å². The van der Waals surface area contributed by atoms with Crippen LogP contribution in [0.25, 0.3) is 0 Å². The molecule has 0 saturated carbocycles. The first-order chi connectivity index (χ1) is 11.5. The van der Waals surface area contributed by atoms with E-state index in [4.69, 9.17) is 27.4 Å². The lowest BCUT2D eigenvalue weighted by atomic mass is 10.2. The van der Waals surface area contributed by atoms with Gasteiger partial charge in [0.2, 0.25) is 0 Å². The summed E-state index contributed by atoms with van der Waals surface area (Å²) < 4.78 is 25.0. The highest BCUT2D eigenvalue weighted by Crippen LogP contribution is 2.28. The number of amides is 1. The van der Waals surface area contributed by atoms with E-state index >= 15 is 0 Å². The number of hydrogen-bond donors (Lipinski definition) is 2. The number of rotatable bonds is 4. The van der Waals surface area contributed by atoms with Crippen molar-refractivity contribution in [2.45, 2.75) is 6.10 Å². The van der Waals surface area contributed by atoms with Gasteiger partial charge in [-0.2, -0.15) is 0 Å². The van der Waals surface area contributed by atoms with Crippen molar-refractivity contribution >= 4 is 34.8 Å². The van der Waals surface area contributed by atoms with Crippen LogP contribution < -0.4 is 20.9 Å². The second kappa shape index (κ2) is 7.18. The predicted molar refractivity (Wildman–Crippen MR) is 91.8 cm³/mol. The first-order valence-electron chi connectivity index (χ1n) is 7.68. The van der Waals surface area contributed by atoms with Crippen LogP contribution in [0.2, 0.25) is 0 Å². The van der Waals surface area contributed by atoms with E-state index in [2.05, 4.69) is 5.32 Å². The van der Waals surface area contributed by atoms with Crippen LogP contribution in [0.1, 0.15) is 0 Å². The Balaban J connectivity index is 1.69. The minimum atomic E-state index is -0.511. The Kier molecular flexibility index (Phi) is 5.00. The molecule has 1 amide bonds. The second-order valence-electron chi connectivity index (χ2n) is 5.60. The van der Waals surface area contributed by atoms with Gasteiger partial charge < -0.3 is 25.4 Å². The summed E-state index contributed by atoms with van der Waals surface area (Å²) in [5.41, 5.74) is 6.34. The largest absolute Gasteiger partial charge is 0.442 e. The number of morpholine rings is 1. The van der Waals surface area contributed by atoms with Gasteiger partial charge in [-0.15, -0.1) is 0 Å². The van der Waals surface area contributed by atoms with E-state index in [1.54, 1.807) is 12.1 Å². The molecule has 3 rings (SSSR count). The zero-order valence-corrected chi connectivity index (χ0v) is 13.9. The summed E-state index contributed by atoms with van der Waals surface area (Å²) in [5.74, 6) is -0.369. The molecule has 1 aromatic rings. The predicted octanol–water partition coefficient (Wildman–Crippen LogP) is 0.821. The van der Waals surface area contributed by atoms with Crippen LogP contribution in [0.15, 0.2) is 18.2 Å². The van der Waals surface area contributed by atoms with Gasteiger partial charge in [0.15, 0.2) is 5.11 Å². The standard InChI is InChI=1S/C15H19FN4O3S/c16-12-7-10(1-2-13(12)19-3-5-22-6-4-19)20-9-11(23-15(20)21)8-18-14(17)24/h1-2,7,11H,3-6,8-9H2,(H3,17,18,24). The number of benzene rings is 1. The lowest BCUT2D eigenvalue weighted by molar-refractivity contribution is 0.122. The lowest BCUT2D eigenvalue weighted by Gasteiger charge is -2.29. The summed E-state index contributed by atoms with van der Waals surface area (Å²) in [6.45, 7) is 3.09. The molecule has 2 heterocycles. The minimum absolute atomic E-state index is 0.144. The third kappa shape index (κ3) is 3.68. The van der Waals surface area contributed by atoms with Crippen molar-refractivity contribution in [2.75, 3.05) is 49.2 Å². The van der Waals surface area contributed by atoms with Crippen LogP contribution in [-0.4, -0.2) is 56.7 Å². The van der Waals surface area contributed by atoms with Gasteiger partial charge in [-0.3, -0.25) is 4.90 Å². The number of anilines is 2. The molecule has 0 bridgehead atoms. The molecule has 2 aliphatic rings. The third-order valence-electron chi connectivity index (χ3n) is 3.97. The van der Waals surface area contributed by atoms with E-state index < -0.39 is 6.09 Å². The van der Waals surface area contributed by atoms with Crippen molar-refractivity contribution in [1.82, 2.24) is 5.32 Å². The monoisotopic (exact) mass is 354 g/mol. The Morgan fingerprint density at radius 1 is 1.42 bits per heavy atom. The van der Waals surface area contributed by atoms with Gasteiger partial charge in [-0.05, 0) is 30.4 Å². The Morgan fingerprint density at radius 3 is 2.83 bits per heavy atom. The zero-order valence-electron chi connectivity index (χ0n) is 13.0. The SMILES string of the molecule is NC(=S)NCC1CN(c2ccc(N3CCOCC3)c(F)c2)C(=O)O1. The van der Waals surface area contributed by atoms with Crippen LogP contribution in [0.4, 0.5) is 20.6 Å². The summed E-state index contributed by atoms with van der Waals surface area (Å²) in [6.07, 6.45) is -0.899. The molecule has 2 aliphatic heterocycles. The molecular weight excluding hydrogens is 335 g/mol. The third-order valence-corrected chi connectivity index (χ3v) is 4.12. The number of ether oxygens (including phenoxy) is 2. The number of nitrogens with zero attached hydrogens (tertiary/aromatic N) is 2. The fraction of sp³-hybridized carbons (Fsp3) is 0.467. The highest BCUT2D eigenvalue weighted by Gasteiger charge is 2.32. The molecule has 24 heavy (non-hydrogen) atoms. The Labute approximate surface area is 144 Å². The average Bonchev–Trinajstić information content (AvgIpc) is 2.94. The van der Waals surface area contributed by atoms with E-state index in [1.807, 2.05) is 4.90 Å². The van der Waals surface area contributed by atoms with Crippen LogP contribution in [0, 0.1) is 5.82 Å². The number of nitrogens with one attached hydrogen (secondary N) is 1. The molecule has 1 aromatic carbocycles. The van der Waals surface area contributed by atoms with Crippen LogP contribution in [-0.2, 0) is 9.47 Å². The number of thiocarbonyl (C=S) groups is 1. The molecule has 130 valence electrons. The van der Waals surface area contributed by atoms with E-state index in [9.17, 15) is 9.18 Å². The summed E-state index contributed by atoms with van der Waals surface area (Å²) >= 11 is 4.73. The first kappa shape index (κ1) is 16.7. The molecule has 1 unspecified atom stereocenters. The van der Waals surface area contributed by atoms with Crippen molar-refractivity contribution < 1.29 is 18.7 Å². The molecule has 9 heteroatoms. The van der Waals surface area contributed by atoms with Gasteiger partial charge in [-0.25, -0.2) is 9.18 Å². The van der Waals surface area contributed by atoms with Crippen molar-refractivity contribution in [1.29, 1.82) is 0 Å². The number of hydrogen-bond acceptors (Lipinski definition) is 5.